The number of para-hydroxylation sites is 6. The number of fused-ring (bicyclic) bond motifs is 18. The van der Waals surface area contributed by atoms with Crippen LogP contribution >= 0.6 is 0 Å². The van der Waals surface area contributed by atoms with E-state index in [0.717, 1.165) is 148 Å². The van der Waals surface area contributed by atoms with Crippen LogP contribution in [0.2, 0.25) is 0 Å². The second-order valence-electron chi connectivity index (χ2n) is 26.5. The third-order valence-corrected chi connectivity index (χ3v) is 20.6. The molecular formula is C86H59BN8O2. The van der Waals surface area contributed by atoms with Gasteiger partial charge in [-0.1, -0.05) is 190 Å². The summed E-state index contributed by atoms with van der Waals surface area (Å²) in [5.41, 5.74) is 24.7. The van der Waals surface area contributed by atoms with Gasteiger partial charge in [0.05, 0.1) is 66.3 Å². The molecule has 20 rings (SSSR count). The highest BCUT2D eigenvalue weighted by Crippen LogP contribution is 2.45. The van der Waals surface area contributed by atoms with Gasteiger partial charge in [-0.05, 0) is 132 Å². The molecule has 0 amide bonds. The number of aromatic nitrogens is 8. The van der Waals surface area contributed by atoms with E-state index in [-0.39, 0.29) is 6.71 Å². The van der Waals surface area contributed by atoms with Gasteiger partial charge in [0.15, 0.2) is 5.82 Å². The maximum absolute atomic E-state index is 6.57. The third kappa shape index (κ3) is 8.03. The van der Waals surface area contributed by atoms with Crippen LogP contribution in [0.5, 0.6) is 0 Å². The summed E-state index contributed by atoms with van der Waals surface area (Å²) in [5.74, 6) is 2.13. The number of aryl methyl sites for hydroxylation is 6. The Kier molecular flexibility index (Phi) is 11.7. The molecule has 0 radical (unpaired) electrons. The van der Waals surface area contributed by atoms with E-state index in [4.69, 9.17) is 28.8 Å². The first kappa shape index (κ1) is 55.1. The average molecular weight is 1250 g/mol. The van der Waals surface area contributed by atoms with Gasteiger partial charge in [-0.3, -0.25) is 9.13 Å². The Bertz CT molecular complexity index is 6370. The molecule has 0 bridgehead atoms. The molecule has 0 saturated carbocycles. The second-order valence-corrected chi connectivity index (χ2v) is 26.5. The van der Waals surface area contributed by atoms with Gasteiger partial charge in [0.1, 0.15) is 34.0 Å². The van der Waals surface area contributed by atoms with Crippen molar-refractivity contribution in [3.05, 3.63) is 282 Å². The molecule has 97 heavy (non-hydrogen) atoms. The van der Waals surface area contributed by atoms with E-state index in [0.29, 0.717) is 23.3 Å². The van der Waals surface area contributed by atoms with Crippen molar-refractivity contribution < 1.29 is 8.83 Å². The summed E-state index contributed by atoms with van der Waals surface area (Å²) < 4.78 is 22.6. The minimum Gasteiger partial charge on any atom is -0.456 e. The average Bonchev–Trinajstić information content (AvgIpc) is 1.56. The van der Waals surface area contributed by atoms with E-state index in [1.807, 2.05) is 24.5 Å². The number of benzene rings is 12. The van der Waals surface area contributed by atoms with Gasteiger partial charge in [-0.2, -0.15) is 0 Å². The number of rotatable bonds is 8. The SMILES string of the molecule is Cc1cc(C)c(B(c2cnc(-c3nc(-n4c5ccccc5c5cc6c7ccccc7n(-c7cccc8oc9ccccc9c78)c6cc54)cc(-n4c5ccccc5c5cc6c7ccccc7n(-c7cccc8oc9ccccc9c78)c6cc54)n3)nc2)c2c(C)cc(C)cc2C)c(C)c1. The zero-order valence-corrected chi connectivity index (χ0v) is 54.1. The molecule has 20 aromatic rings. The van der Waals surface area contributed by atoms with E-state index in [1.165, 1.54) is 44.3 Å². The third-order valence-electron chi connectivity index (χ3n) is 20.6. The van der Waals surface area contributed by atoms with Crippen molar-refractivity contribution in [2.24, 2.45) is 0 Å². The van der Waals surface area contributed by atoms with Crippen LogP contribution in [-0.4, -0.2) is 44.9 Å². The van der Waals surface area contributed by atoms with Crippen molar-refractivity contribution in [2.75, 3.05) is 0 Å². The molecule has 11 heteroatoms. The van der Waals surface area contributed by atoms with E-state index < -0.39 is 0 Å². The van der Waals surface area contributed by atoms with Crippen LogP contribution in [0.25, 0.3) is 166 Å². The van der Waals surface area contributed by atoms with Gasteiger partial charge >= 0.3 is 0 Å². The lowest BCUT2D eigenvalue weighted by Gasteiger charge is -2.24. The Morgan fingerprint density at radius 2 is 0.629 bits per heavy atom. The lowest BCUT2D eigenvalue weighted by Crippen LogP contribution is -2.56. The minimum atomic E-state index is -0.133. The zero-order valence-electron chi connectivity index (χ0n) is 54.1. The number of hydrogen-bond acceptors (Lipinski definition) is 6. The quantitative estimate of drug-likeness (QED) is 0.141. The lowest BCUT2D eigenvalue weighted by atomic mass is 9.34. The van der Waals surface area contributed by atoms with Crippen molar-refractivity contribution >= 4 is 154 Å². The molecule has 10 nitrogen and oxygen atoms in total. The molecule has 0 atom stereocenters. The Labute approximate surface area is 556 Å². The maximum Gasteiger partial charge on any atom is 0.246 e. The Balaban J connectivity index is 0.874. The smallest absolute Gasteiger partial charge is 0.246 e. The molecule has 0 aliphatic heterocycles. The predicted octanol–water partition coefficient (Wildman–Crippen LogP) is 19.5. The molecule has 0 aliphatic carbocycles. The first-order valence-corrected chi connectivity index (χ1v) is 33.2. The molecule has 0 N–H and O–H groups in total. The fraction of sp³-hybridized carbons (Fsp3) is 0.0698. The van der Waals surface area contributed by atoms with Gasteiger partial charge < -0.3 is 18.0 Å². The van der Waals surface area contributed by atoms with E-state index in [9.17, 15) is 0 Å². The first-order chi connectivity index (χ1) is 47.6. The topological polar surface area (TPSA) is 97.6 Å². The Morgan fingerprint density at radius 3 is 1.03 bits per heavy atom. The van der Waals surface area contributed by atoms with Crippen molar-refractivity contribution in [1.82, 2.24) is 38.2 Å². The molecule has 12 aromatic carbocycles. The van der Waals surface area contributed by atoms with Crippen LogP contribution in [0.1, 0.15) is 33.4 Å². The molecule has 0 aliphatic rings. The monoisotopic (exact) mass is 1250 g/mol. The molecule has 8 aromatic heterocycles. The summed E-state index contributed by atoms with van der Waals surface area (Å²) >= 11 is 0. The van der Waals surface area contributed by atoms with Crippen molar-refractivity contribution in [3.63, 3.8) is 0 Å². The molecule has 0 fully saturated rings. The summed E-state index contributed by atoms with van der Waals surface area (Å²) in [6.45, 7) is 13.2. The summed E-state index contributed by atoms with van der Waals surface area (Å²) in [6, 6.07) is 85.2. The van der Waals surface area contributed by atoms with Gasteiger partial charge in [-0.15, -0.1) is 0 Å². The molecule has 458 valence electrons. The second kappa shape index (κ2) is 20.6. The van der Waals surface area contributed by atoms with Gasteiger partial charge in [0.25, 0.3) is 0 Å². The fourth-order valence-corrected chi connectivity index (χ4v) is 16.9. The van der Waals surface area contributed by atoms with Crippen LogP contribution in [0.3, 0.4) is 0 Å². The van der Waals surface area contributed by atoms with Crippen LogP contribution in [-0.2, 0) is 0 Å². The number of nitrogens with zero attached hydrogens (tertiary/aromatic N) is 8. The highest BCUT2D eigenvalue weighted by Gasteiger charge is 2.31. The molecule has 0 saturated heterocycles. The number of furan rings is 2. The van der Waals surface area contributed by atoms with Crippen molar-refractivity contribution in [1.29, 1.82) is 0 Å². The largest absolute Gasteiger partial charge is 0.456 e. The van der Waals surface area contributed by atoms with Crippen molar-refractivity contribution in [2.45, 2.75) is 41.5 Å². The summed E-state index contributed by atoms with van der Waals surface area (Å²) in [7, 11) is 0. The Morgan fingerprint density at radius 1 is 0.289 bits per heavy atom. The zero-order chi connectivity index (χ0) is 64.6. The molecule has 0 spiro atoms. The van der Waals surface area contributed by atoms with Gasteiger partial charge in [0.2, 0.25) is 12.5 Å². The normalized spacial score (nSPS) is 12.2. The van der Waals surface area contributed by atoms with Crippen LogP contribution in [0.4, 0.5) is 0 Å². The predicted molar refractivity (Wildman–Crippen MR) is 401 cm³/mol. The fourth-order valence-electron chi connectivity index (χ4n) is 16.9. The summed E-state index contributed by atoms with van der Waals surface area (Å²) in [6.07, 6.45) is 4.03. The molecular weight excluding hydrogens is 1190 g/mol. The lowest BCUT2D eigenvalue weighted by molar-refractivity contribution is 0.668. The van der Waals surface area contributed by atoms with Gasteiger partial charge in [-0.25, -0.2) is 19.9 Å². The Hall–Kier alpha value is -12.3. The minimum absolute atomic E-state index is 0.133. The van der Waals surface area contributed by atoms with Crippen LogP contribution in [0.15, 0.2) is 258 Å². The van der Waals surface area contributed by atoms with Crippen molar-refractivity contribution in [3.8, 4) is 34.7 Å². The molecule has 8 heterocycles. The molecule has 0 unspecified atom stereocenters. The van der Waals surface area contributed by atoms with Crippen LogP contribution in [0, 0.1) is 41.5 Å². The summed E-state index contributed by atoms with van der Waals surface area (Å²) in [4.78, 5) is 22.2. The maximum atomic E-state index is 6.57. The first-order valence-electron chi connectivity index (χ1n) is 33.2. The van der Waals surface area contributed by atoms with Gasteiger partial charge in [0, 0.05) is 72.3 Å². The highest BCUT2D eigenvalue weighted by molar-refractivity contribution is 6.96. The van der Waals surface area contributed by atoms with E-state index in [2.05, 4.69) is 284 Å². The number of hydrogen-bond donors (Lipinski definition) is 0. The standard InChI is InChI=1S/C86H59BN8O2/c1-48-37-50(3)83(51(4)38-48)87(84-52(5)39-49(2)40-53(84)6)54-46-88-85(89-47-54)86-90-79(94-67-29-15-9-23-57(67)63-41-61-55-21-7-13-27-65(55)92(71(61)43-73(63)94)69-31-19-35-77-81(69)59-25-11-17-33-75(59)96-77)45-80(91-86)95-68-30-16-10-24-58(68)64-42-62-56-22-8-14-28-66(56)93(72(62)44-74(64)95)70-32-20-36-78-82(70)60-26-12-18-34-76(60)97-78/h7-47H,1-6H3. The highest BCUT2D eigenvalue weighted by atomic mass is 16.3. The van der Waals surface area contributed by atoms with E-state index >= 15 is 0 Å². The summed E-state index contributed by atoms with van der Waals surface area (Å²) in [5, 5.41) is 13.3. The van der Waals surface area contributed by atoms with E-state index in [1.54, 1.807) is 0 Å². The van der Waals surface area contributed by atoms with Crippen LogP contribution < -0.4 is 16.4 Å².